The highest BCUT2D eigenvalue weighted by Crippen LogP contribution is 2.66. The Kier molecular flexibility index (Phi) is 3.83. The van der Waals surface area contributed by atoms with E-state index in [2.05, 4.69) is 35.3 Å². The molecule has 5 nitrogen and oxygen atoms in total. The van der Waals surface area contributed by atoms with Crippen molar-refractivity contribution in [1.82, 2.24) is 14.9 Å². The highest BCUT2D eigenvalue weighted by molar-refractivity contribution is 7.10. The second kappa shape index (κ2) is 5.80. The summed E-state index contributed by atoms with van der Waals surface area (Å²) in [5.41, 5.74) is 0.294. The summed E-state index contributed by atoms with van der Waals surface area (Å²) in [5.74, 6) is 0.386. The summed E-state index contributed by atoms with van der Waals surface area (Å²) >= 11 is 1.68. The molecule has 2 unspecified atom stereocenters. The molecule has 0 radical (unpaired) electrons. The number of nitrogens with one attached hydrogen (secondary N) is 1. The molecule has 1 N–H and O–H groups in total. The number of piperidine rings is 1. The van der Waals surface area contributed by atoms with Gasteiger partial charge in [-0.3, -0.25) is 9.59 Å². The molecule has 2 aromatic rings. The van der Waals surface area contributed by atoms with E-state index in [1.165, 1.54) is 11.2 Å². The minimum absolute atomic E-state index is 0.00399. The Morgan fingerprint density at radius 3 is 2.88 bits per heavy atom. The fourth-order valence-corrected chi connectivity index (χ4v) is 5.41. The predicted molar refractivity (Wildman–Crippen MR) is 97.8 cm³/mol. The molecule has 1 saturated heterocycles. The number of thiophene rings is 1. The van der Waals surface area contributed by atoms with Crippen LogP contribution in [0.5, 0.6) is 0 Å². The summed E-state index contributed by atoms with van der Waals surface area (Å²) in [4.78, 5) is 35.1. The molecule has 0 spiro atoms. The molecule has 0 aromatic carbocycles. The van der Waals surface area contributed by atoms with Crippen molar-refractivity contribution in [1.29, 1.82) is 0 Å². The zero-order valence-corrected chi connectivity index (χ0v) is 15.4. The Hall–Kier alpha value is -1.95. The summed E-state index contributed by atoms with van der Waals surface area (Å²) in [5, 5.41) is 2.05. The summed E-state index contributed by atoms with van der Waals surface area (Å²) < 4.78 is 0. The summed E-state index contributed by atoms with van der Waals surface area (Å²) in [6.07, 6.45) is 4.28. The number of amides is 1. The molecule has 2 fully saturated rings. The smallest absolute Gasteiger partial charge is 0.250 e. The monoisotopic (exact) mass is 357 g/mol. The highest BCUT2D eigenvalue weighted by Gasteiger charge is 2.68. The van der Waals surface area contributed by atoms with Crippen LogP contribution in [-0.2, 0) is 10.2 Å². The van der Waals surface area contributed by atoms with E-state index < -0.39 is 0 Å². The molecule has 1 aliphatic heterocycles. The maximum atomic E-state index is 13.5. The van der Waals surface area contributed by atoms with Gasteiger partial charge in [0.25, 0.3) is 5.56 Å². The topological polar surface area (TPSA) is 66.1 Å². The molecule has 6 heteroatoms. The van der Waals surface area contributed by atoms with Crippen LogP contribution in [0.15, 0.2) is 34.7 Å². The van der Waals surface area contributed by atoms with Crippen LogP contribution < -0.4 is 5.56 Å². The third-order valence-electron chi connectivity index (χ3n) is 5.87. The summed E-state index contributed by atoms with van der Waals surface area (Å²) in [7, 11) is 0. The van der Waals surface area contributed by atoms with Crippen LogP contribution in [0.4, 0.5) is 0 Å². The third-order valence-corrected chi connectivity index (χ3v) is 6.90. The SMILES string of the molecule is CC1(C)CC1(C(=O)N1CCCC(c2cc(=O)[nH]cn2)C1)c1cccs1. The van der Waals surface area contributed by atoms with Crippen LogP contribution in [0.25, 0.3) is 0 Å². The average molecular weight is 357 g/mol. The van der Waals surface area contributed by atoms with Crippen LogP contribution in [0.1, 0.15) is 49.6 Å². The second-order valence-electron chi connectivity index (χ2n) is 7.87. The van der Waals surface area contributed by atoms with Crippen LogP contribution in [0.2, 0.25) is 0 Å². The first-order chi connectivity index (χ1) is 11.9. The fraction of sp³-hybridized carbons (Fsp3) is 0.526. The van der Waals surface area contributed by atoms with Crippen molar-refractivity contribution >= 4 is 17.2 Å². The van der Waals surface area contributed by atoms with E-state index in [-0.39, 0.29) is 28.2 Å². The number of hydrogen-bond acceptors (Lipinski definition) is 4. The Morgan fingerprint density at radius 2 is 2.24 bits per heavy atom. The van der Waals surface area contributed by atoms with E-state index in [1.807, 2.05) is 11.0 Å². The van der Waals surface area contributed by atoms with Crippen molar-refractivity contribution in [2.45, 2.75) is 44.4 Å². The van der Waals surface area contributed by atoms with Gasteiger partial charge in [0.05, 0.1) is 17.4 Å². The maximum Gasteiger partial charge on any atom is 0.250 e. The molecule has 3 heterocycles. The van der Waals surface area contributed by atoms with Gasteiger partial charge in [-0.25, -0.2) is 4.98 Å². The maximum absolute atomic E-state index is 13.5. The molecule has 2 aromatic heterocycles. The van der Waals surface area contributed by atoms with Gasteiger partial charge >= 0.3 is 0 Å². The van der Waals surface area contributed by atoms with E-state index in [9.17, 15) is 9.59 Å². The number of aromatic nitrogens is 2. The lowest BCUT2D eigenvalue weighted by Gasteiger charge is -2.35. The highest BCUT2D eigenvalue weighted by atomic mass is 32.1. The van der Waals surface area contributed by atoms with Gasteiger partial charge in [-0.2, -0.15) is 0 Å². The van der Waals surface area contributed by atoms with Crippen molar-refractivity contribution < 1.29 is 4.79 Å². The molecule has 2 aliphatic rings. The molecule has 2 atom stereocenters. The van der Waals surface area contributed by atoms with Gasteiger partial charge in [0.1, 0.15) is 0 Å². The number of carbonyl (C=O) groups is 1. The normalized spacial score (nSPS) is 27.9. The minimum atomic E-state index is -0.370. The first kappa shape index (κ1) is 16.5. The largest absolute Gasteiger partial charge is 0.341 e. The van der Waals surface area contributed by atoms with Crippen molar-refractivity contribution in [2.24, 2.45) is 5.41 Å². The van der Waals surface area contributed by atoms with E-state index >= 15 is 0 Å². The van der Waals surface area contributed by atoms with Gasteiger partial charge < -0.3 is 9.88 Å². The zero-order chi connectivity index (χ0) is 17.7. The number of likely N-dealkylation sites (tertiary alicyclic amines) is 1. The second-order valence-corrected chi connectivity index (χ2v) is 8.82. The predicted octanol–water partition coefficient (Wildman–Crippen LogP) is 2.91. The van der Waals surface area contributed by atoms with E-state index in [0.29, 0.717) is 6.54 Å². The number of carbonyl (C=O) groups excluding carboxylic acids is 1. The molecule has 1 saturated carbocycles. The molecule has 0 bridgehead atoms. The third kappa shape index (κ3) is 2.63. The van der Waals surface area contributed by atoms with Gasteiger partial charge in [0, 0.05) is 30.0 Å². The van der Waals surface area contributed by atoms with E-state index in [0.717, 1.165) is 31.5 Å². The molecule has 4 rings (SSSR count). The number of rotatable bonds is 3. The fourth-order valence-electron chi connectivity index (χ4n) is 4.31. The Balaban J connectivity index is 1.59. The van der Waals surface area contributed by atoms with Crippen molar-refractivity contribution in [2.75, 3.05) is 13.1 Å². The van der Waals surface area contributed by atoms with Gasteiger partial charge in [-0.15, -0.1) is 11.3 Å². The van der Waals surface area contributed by atoms with Crippen LogP contribution in [0, 0.1) is 5.41 Å². The van der Waals surface area contributed by atoms with Crippen molar-refractivity contribution in [3.63, 3.8) is 0 Å². The van der Waals surface area contributed by atoms with Gasteiger partial charge in [0.15, 0.2) is 0 Å². The first-order valence-electron chi connectivity index (χ1n) is 8.82. The molecule has 1 amide bonds. The number of hydrogen-bond donors (Lipinski definition) is 1. The standard InChI is InChI=1S/C19H23N3O2S/c1-18(2)11-19(18,15-6-4-8-25-15)17(24)22-7-3-5-13(10-22)14-9-16(23)21-12-20-14/h4,6,8-9,12-13H,3,5,7,10-11H2,1-2H3,(H,20,21,23). The van der Waals surface area contributed by atoms with Gasteiger partial charge in [0.2, 0.25) is 5.91 Å². The first-order valence-corrected chi connectivity index (χ1v) is 9.70. The quantitative estimate of drug-likeness (QED) is 0.918. The lowest BCUT2D eigenvalue weighted by Crippen LogP contribution is -2.46. The van der Waals surface area contributed by atoms with Crippen LogP contribution in [0.3, 0.4) is 0 Å². The number of aromatic amines is 1. The van der Waals surface area contributed by atoms with E-state index in [4.69, 9.17) is 0 Å². The number of nitrogens with zero attached hydrogens (tertiary/aromatic N) is 2. The average Bonchev–Trinajstić information content (AvgIpc) is 2.97. The zero-order valence-electron chi connectivity index (χ0n) is 14.6. The van der Waals surface area contributed by atoms with Crippen LogP contribution >= 0.6 is 11.3 Å². The Labute approximate surface area is 151 Å². The van der Waals surface area contributed by atoms with E-state index in [1.54, 1.807) is 17.4 Å². The van der Waals surface area contributed by atoms with Gasteiger partial charge in [-0.1, -0.05) is 19.9 Å². The molecule has 1 aliphatic carbocycles. The molecule has 25 heavy (non-hydrogen) atoms. The van der Waals surface area contributed by atoms with Crippen LogP contribution in [-0.4, -0.2) is 33.9 Å². The molecule has 132 valence electrons. The van der Waals surface area contributed by atoms with Gasteiger partial charge in [-0.05, 0) is 36.1 Å². The Bertz CT molecular complexity index is 842. The minimum Gasteiger partial charge on any atom is -0.341 e. The number of H-pyrrole nitrogens is 1. The lowest BCUT2D eigenvalue weighted by atomic mass is 9.89. The molecular formula is C19H23N3O2S. The van der Waals surface area contributed by atoms with Crippen molar-refractivity contribution in [3.05, 3.63) is 50.8 Å². The lowest BCUT2D eigenvalue weighted by molar-refractivity contribution is -0.136. The summed E-state index contributed by atoms with van der Waals surface area (Å²) in [6, 6.07) is 5.69. The summed E-state index contributed by atoms with van der Waals surface area (Å²) in [6.45, 7) is 5.81. The Morgan fingerprint density at radius 1 is 1.44 bits per heavy atom. The molecular weight excluding hydrogens is 334 g/mol. The van der Waals surface area contributed by atoms with Crippen molar-refractivity contribution in [3.8, 4) is 0 Å².